The van der Waals surface area contributed by atoms with Gasteiger partial charge in [0.25, 0.3) is 10.1 Å². The monoisotopic (exact) mass is 229 g/mol. The van der Waals surface area contributed by atoms with E-state index in [0.29, 0.717) is 6.42 Å². The molecule has 0 amide bonds. The van der Waals surface area contributed by atoms with Gasteiger partial charge < -0.3 is 5.73 Å². The summed E-state index contributed by atoms with van der Waals surface area (Å²) in [6, 6.07) is 7.06. The second-order valence-electron chi connectivity index (χ2n) is 3.64. The molecule has 0 aliphatic heterocycles. The van der Waals surface area contributed by atoms with Gasteiger partial charge in [-0.1, -0.05) is 24.3 Å². The smallest absolute Gasteiger partial charge is 0.266 e. The van der Waals surface area contributed by atoms with Gasteiger partial charge in [0.15, 0.2) is 0 Å². The van der Waals surface area contributed by atoms with Gasteiger partial charge in [-0.3, -0.25) is 4.55 Å². The third-order valence-electron chi connectivity index (χ3n) is 2.17. The lowest BCUT2D eigenvalue weighted by molar-refractivity contribution is 0.476. The minimum atomic E-state index is -3.98. The Balaban J connectivity index is 2.67. The summed E-state index contributed by atoms with van der Waals surface area (Å²) in [7, 11) is -3.98. The molecule has 1 atom stereocenters. The van der Waals surface area contributed by atoms with Crippen molar-refractivity contribution >= 4 is 10.1 Å². The largest absolute Gasteiger partial charge is 0.326 e. The average Bonchev–Trinajstić information content (AvgIpc) is 2.05. The zero-order chi connectivity index (χ0) is 11.5. The number of nitrogens with two attached hydrogens (primary N) is 1. The van der Waals surface area contributed by atoms with Gasteiger partial charge in [-0.05, 0) is 24.5 Å². The van der Waals surface area contributed by atoms with Gasteiger partial charge in [-0.2, -0.15) is 8.42 Å². The highest BCUT2D eigenvalue weighted by Gasteiger charge is 2.13. The average molecular weight is 229 g/mol. The van der Waals surface area contributed by atoms with E-state index in [-0.39, 0.29) is 0 Å². The summed E-state index contributed by atoms with van der Waals surface area (Å²) in [6.07, 6.45) is 0.451. The highest BCUT2D eigenvalue weighted by molar-refractivity contribution is 7.85. The van der Waals surface area contributed by atoms with Crippen LogP contribution in [0.2, 0.25) is 0 Å². The maximum atomic E-state index is 10.6. The number of rotatable bonds is 4. The van der Waals surface area contributed by atoms with Crippen LogP contribution in [0.1, 0.15) is 11.1 Å². The van der Waals surface area contributed by atoms with Crippen molar-refractivity contribution in [1.29, 1.82) is 0 Å². The minimum absolute atomic E-state index is 0.401. The van der Waals surface area contributed by atoms with Crippen molar-refractivity contribution in [3.63, 3.8) is 0 Å². The first-order valence-corrected chi connectivity index (χ1v) is 6.24. The van der Waals surface area contributed by atoms with Gasteiger partial charge >= 0.3 is 0 Å². The summed E-state index contributed by atoms with van der Waals surface area (Å²) in [5, 5.41) is 0. The molecule has 1 rings (SSSR count). The summed E-state index contributed by atoms with van der Waals surface area (Å²) in [5.41, 5.74) is 7.70. The normalized spacial score (nSPS) is 13.8. The molecule has 0 aromatic heterocycles. The van der Waals surface area contributed by atoms with Crippen molar-refractivity contribution in [2.75, 3.05) is 5.75 Å². The second-order valence-corrected chi connectivity index (χ2v) is 5.14. The standard InChI is InChI=1S/C10H15NO3S/c1-8-4-2-3-5-9(8)6-10(11)7-15(12,13)14/h2-5,10H,6-7,11H2,1H3,(H,12,13,14)/t10-/m1/s1. The SMILES string of the molecule is Cc1ccccc1C[C@@H](N)CS(=O)(=O)O. The first-order valence-electron chi connectivity index (χ1n) is 4.64. The van der Waals surface area contributed by atoms with E-state index in [9.17, 15) is 8.42 Å². The molecule has 3 N–H and O–H groups in total. The predicted molar refractivity (Wildman–Crippen MR) is 59.3 cm³/mol. The Kier molecular flexibility index (Phi) is 3.84. The van der Waals surface area contributed by atoms with E-state index < -0.39 is 21.9 Å². The Morgan fingerprint density at radius 3 is 2.53 bits per heavy atom. The van der Waals surface area contributed by atoms with Crippen LogP contribution in [0.4, 0.5) is 0 Å². The zero-order valence-electron chi connectivity index (χ0n) is 8.55. The van der Waals surface area contributed by atoms with Gasteiger partial charge in [-0.15, -0.1) is 0 Å². The van der Waals surface area contributed by atoms with E-state index in [1.165, 1.54) is 0 Å². The quantitative estimate of drug-likeness (QED) is 0.747. The van der Waals surface area contributed by atoms with Crippen LogP contribution in [0.25, 0.3) is 0 Å². The molecule has 5 heteroatoms. The molecule has 0 unspecified atom stereocenters. The zero-order valence-corrected chi connectivity index (χ0v) is 9.37. The molecule has 0 saturated heterocycles. The molecule has 1 aromatic rings. The maximum absolute atomic E-state index is 10.6. The second kappa shape index (κ2) is 4.74. The summed E-state index contributed by atoms with van der Waals surface area (Å²) >= 11 is 0. The Hall–Kier alpha value is -0.910. The van der Waals surface area contributed by atoms with Crippen LogP contribution in [-0.4, -0.2) is 24.8 Å². The van der Waals surface area contributed by atoms with E-state index in [1.54, 1.807) is 0 Å². The lowest BCUT2D eigenvalue weighted by Crippen LogP contribution is -2.31. The van der Waals surface area contributed by atoms with Crippen molar-refractivity contribution in [2.45, 2.75) is 19.4 Å². The summed E-state index contributed by atoms with van der Waals surface area (Å²) < 4.78 is 29.8. The van der Waals surface area contributed by atoms with Crippen LogP contribution < -0.4 is 5.73 Å². The number of aryl methyl sites for hydroxylation is 1. The molecule has 0 heterocycles. The van der Waals surface area contributed by atoms with Gasteiger partial charge in [-0.25, -0.2) is 0 Å². The third kappa shape index (κ3) is 4.42. The molecule has 0 spiro atoms. The fourth-order valence-electron chi connectivity index (χ4n) is 1.45. The first-order chi connectivity index (χ1) is 6.88. The van der Waals surface area contributed by atoms with Crippen LogP contribution >= 0.6 is 0 Å². The van der Waals surface area contributed by atoms with Crippen molar-refractivity contribution in [2.24, 2.45) is 5.73 Å². The Morgan fingerprint density at radius 1 is 1.40 bits per heavy atom. The molecule has 15 heavy (non-hydrogen) atoms. The van der Waals surface area contributed by atoms with Crippen LogP contribution in [-0.2, 0) is 16.5 Å². The Labute approximate surface area is 89.9 Å². The van der Waals surface area contributed by atoms with Gasteiger partial charge in [0, 0.05) is 6.04 Å². The van der Waals surface area contributed by atoms with E-state index in [1.807, 2.05) is 31.2 Å². The maximum Gasteiger partial charge on any atom is 0.266 e. The molecule has 0 saturated carbocycles. The molecule has 0 aliphatic rings. The molecule has 4 nitrogen and oxygen atoms in total. The van der Waals surface area contributed by atoms with Crippen LogP contribution in [0.15, 0.2) is 24.3 Å². The van der Waals surface area contributed by atoms with Gasteiger partial charge in [0.1, 0.15) is 0 Å². The number of benzene rings is 1. The molecular formula is C10H15NO3S. The van der Waals surface area contributed by atoms with Crippen LogP contribution in [0, 0.1) is 6.92 Å². The lowest BCUT2D eigenvalue weighted by atomic mass is 10.0. The van der Waals surface area contributed by atoms with Crippen molar-refractivity contribution in [1.82, 2.24) is 0 Å². The topological polar surface area (TPSA) is 80.4 Å². The van der Waals surface area contributed by atoms with E-state index in [4.69, 9.17) is 10.3 Å². The van der Waals surface area contributed by atoms with Crippen molar-refractivity contribution in [3.8, 4) is 0 Å². The summed E-state index contributed by atoms with van der Waals surface area (Å²) in [4.78, 5) is 0. The molecule has 0 bridgehead atoms. The fraction of sp³-hybridized carbons (Fsp3) is 0.400. The highest BCUT2D eigenvalue weighted by atomic mass is 32.2. The molecule has 1 aromatic carbocycles. The van der Waals surface area contributed by atoms with E-state index in [0.717, 1.165) is 11.1 Å². The number of hydrogen-bond donors (Lipinski definition) is 2. The third-order valence-corrected chi connectivity index (χ3v) is 3.02. The lowest BCUT2D eigenvalue weighted by Gasteiger charge is -2.11. The molecule has 0 aliphatic carbocycles. The van der Waals surface area contributed by atoms with Crippen LogP contribution in [0.3, 0.4) is 0 Å². The minimum Gasteiger partial charge on any atom is -0.326 e. The Morgan fingerprint density at radius 2 is 2.00 bits per heavy atom. The summed E-state index contributed by atoms with van der Waals surface area (Å²) in [5.74, 6) is -0.401. The van der Waals surface area contributed by atoms with Gasteiger partial charge in [0.2, 0.25) is 0 Å². The summed E-state index contributed by atoms with van der Waals surface area (Å²) in [6.45, 7) is 1.94. The predicted octanol–water partition coefficient (Wildman–Crippen LogP) is 0.753. The molecule has 0 fully saturated rings. The molecule has 84 valence electrons. The van der Waals surface area contributed by atoms with Crippen molar-refractivity contribution < 1.29 is 13.0 Å². The fourth-order valence-corrected chi connectivity index (χ4v) is 2.11. The van der Waals surface area contributed by atoms with Crippen molar-refractivity contribution in [3.05, 3.63) is 35.4 Å². The first kappa shape index (κ1) is 12.2. The molecule has 0 radical (unpaired) electrons. The highest BCUT2D eigenvalue weighted by Crippen LogP contribution is 2.09. The molecular weight excluding hydrogens is 214 g/mol. The van der Waals surface area contributed by atoms with Crippen LogP contribution in [0.5, 0.6) is 0 Å². The van der Waals surface area contributed by atoms with E-state index in [2.05, 4.69) is 0 Å². The Bertz CT molecular complexity index is 428. The van der Waals surface area contributed by atoms with E-state index >= 15 is 0 Å². The number of hydrogen-bond acceptors (Lipinski definition) is 3. The van der Waals surface area contributed by atoms with Gasteiger partial charge in [0.05, 0.1) is 5.75 Å².